The maximum atomic E-state index is 12.8. The number of halogens is 1. The summed E-state index contributed by atoms with van der Waals surface area (Å²) in [5.74, 6) is -0.0970. The molecule has 1 amide bonds. The molecule has 0 radical (unpaired) electrons. The van der Waals surface area contributed by atoms with Crippen molar-refractivity contribution in [2.75, 3.05) is 37.3 Å². The van der Waals surface area contributed by atoms with Crippen LogP contribution in [0.15, 0.2) is 70.4 Å². The third-order valence-corrected chi connectivity index (χ3v) is 6.36. The Hall–Kier alpha value is -2.77. The SMILES string of the molecule is CSc1ccc(-c2ccc(=O)n(CC(=O)N3CCN(c4ccc(Cl)cc4)CC3)n2)cc1. The summed E-state index contributed by atoms with van der Waals surface area (Å²) < 4.78 is 1.26. The fraction of sp³-hybridized carbons (Fsp3) is 0.261. The van der Waals surface area contributed by atoms with E-state index < -0.39 is 0 Å². The standard InChI is InChI=1S/C23H23ClN4O2S/c1-31-20-8-2-17(3-9-20)21-10-11-22(29)28(25-21)16-23(30)27-14-12-26(13-15-27)19-6-4-18(24)5-7-19/h2-11H,12-16H2,1H3. The predicted octanol–water partition coefficient (Wildman–Crippen LogP) is 3.63. The molecule has 1 aliphatic rings. The Morgan fingerprint density at radius 2 is 1.65 bits per heavy atom. The van der Waals surface area contributed by atoms with Gasteiger partial charge in [-0.1, -0.05) is 23.7 Å². The third-order valence-electron chi connectivity index (χ3n) is 5.36. The molecule has 0 unspecified atom stereocenters. The van der Waals surface area contributed by atoms with Crippen LogP contribution in [0.3, 0.4) is 0 Å². The van der Waals surface area contributed by atoms with Crippen molar-refractivity contribution in [3.05, 3.63) is 76.0 Å². The van der Waals surface area contributed by atoms with Crippen LogP contribution in [0.5, 0.6) is 0 Å². The molecule has 31 heavy (non-hydrogen) atoms. The van der Waals surface area contributed by atoms with Crippen molar-refractivity contribution in [1.29, 1.82) is 0 Å². The zero-order valence-corrected chi connectivity index (χ0v) is 18.8. The van der Waals surface area contributed by atoms with Gasteiger partial charge in [-0.25, -0.2) is 4.68 Å². The van der Waals surface area contributed by atoms with Gasteiger partial charge in [0.1, 0.15) is 6.54 Å². The number of carbonyl (C=O) groups is 1. The molecule has 2 heterocycles. The first kappa shape index (κ1) is 21.5. The highest BCUT2D eigenvalue weighted by Gasteiger charge is 2.22. The Morgan fingerprint density at radius 3 is 2.29 bits per heavy atom. The van der Waals surface area contributed by atoms with Crippen LogP contribution in [-0.4, -0.2) is 53.0 Å². The number of piperazine rings is 1. The van der Waals surface area contributed by atoms with Crippen LogP contribution >= 0.6 is 23.4 Å². The van der Waals surface area contributed by atoms with E-state index in [9.17, 15) is 9.59 Å². The Labute approximate surface area is 190 Å². The maximum Gasteiger partial charge on any atom is 0.267 e. The minimum Gasteiger partial charge on any atom is -0.368 e. The van der Waals surface area contributed by atoms with Gasteiger partial charge in [0, 0.05) is 53.4 Å². The summed E-state index contributed by atoms with van der Waals surface area (Å²) in [4.78, 5) is 30.3. The summed E-state index contributed by atoms with van der Waals surface area (Å²) in [5.41, 5.74) is 2.40. The lowest BCUT2D eigenvalue weighted by atomic mass is 10.1. The minimum absolute atomic E-state index is 0.0590. The zero-order valence-electron chi connectivity index (χ0n) is 17.2. The van der Waals surface area contributed by atoms with Crippen LogP contribution in [-0.2, 0) is 11.3 Å². The van der Waals surface area contributed by atoms with E-state index in [1.165, 1.54) is 10.7 Å². The Morgan fingerprint density at radius 1 is 0.968 bits per heavy atom. The van der Waals surface area contributed by atoms with Gasteiger partial charge in [0.05, 0.1) is 5.69 Å². The van der Waals surface area contributed by atoms with E-state index in [0.717, 1.165) is 29.2 Å². The number of amides is 1. The Bertz CT molecular complexity index is 1110. The molecule has 1 aromatic heterocycles. The smallest absolute Gasteiger partial charge is 0.267 e. The number of aromatic nitrogens is 2. The molecule has 8 heteroatoms. The van der Waals surface area contributed by atoms with Crippen LogP contribution in [0.2, 0.25) is 5.02 Å². The molecule has 0 bridgehead atoms. The number of hydrogen-bond acceptors (Lipinski definition) is 5. The van der Waals surface area contributed by atoms with Crippen LogP contribution in [0.25, 0.3) is 11.3 Å². The number of carbonyl (C=O) groups excluding carboxylic acids is 1. The molecule has 0 saturated carbocycles. The molecular formula is C23H23ClN4O2S. The molecule has 4 rings (SSSR count). The topological polar surface area (TPSA) is 58.4 Å². The van der Waals surface area contributed by atoms with Crippen LogP contribution < -0.4 is 10.5 Å². The summed E-state index contributed by atoms with van der Waals surface area (Å²) in [6.07, 6.45) is 2.02. The molecule has 3 aromatic rings. The van der Waals surface area contributed by atoms with Gasteiger partial charge in [0.15, 0.2) is 0 Å². The molecule has 160 valence electrons. The number of thioether (sulfide) groups is 1. The zero-order chi connectivity index (χ0) is 21.8. The molecule has 1 aliphatic heterocycles. The van der Waals surface area contributed by atoms with E-state index in [4.69, 9.17) is 11.6 Å². The average Bonchev–Trinajstić information content (AvgIpc) is 2.81. The second kappa shape index (κ2) is 9.58. The summed E-state index contributed by atoms with van der Waals surface area (Å²) in [6.45, 7) is 2.61. The normalized spacial score (nSPS) is 14.0. The molecule has 0 N–H and O–H groups in total. The lowest BCUT2D eigenvalue weighted by Crippen LogP contribution is -2.50. The maximum absolute atomic E-state index is 12.8. The molecule has 2 aromatic carbocycles. The predicted molar refractivity (Wildman–Crippen MR) is 126 cm³/mol. The summed E-state index contributed by atoms with van der Waals surface area (Å²) in [5, 5.41) is 5.14. The quantitative estimate of drug-likeness (QED) is 0.551. The lowest BCUT2D eigenvalue weighted by molar-refractivity contribution is -0.132. The van der Waals surface area contributed by atoms with E-state index >= 15 is 0 Å². The first-order chi connectivity index (χ1) is 15.0. The lowest BCUT2D eigenvalue weighted by Gasteiger charge is -2.36. The van der Waals surface area contributed by atoms with E-state index in [-0.39, 0.29) is 18.0 Å². The van der Waals surface area contributed by atoms with E-state index in [2.05, 4.69) is 10.00 Å². The number of rotatable bonds is 5. The van der Waals surface area contributed by atoms with Crippen molar-refractivity contribution in [1.82, 2.24) is 14.7 Å². The molecular weight excluding hydrogens is 432 g/mol. The second-order valence-electron chi connectivity index (χ2n) is 7.29. The number of benzene rings is 2. The van der Waals surface area contributed by atoms with Crippen molar-refractivity contribution in [2.45, 2.75) is 11.4 Å². The van der Waals surface area contributed by atoms with E-state index in [1.807, 2.05) is 54.8 Å². The monoisotopic (exact) mass is 454 g/mol. The van der Waals surface area contributed by atoms with Gasteiger partial charge in [-0.05, 0) is 48.7 Å². The van der Waals surface area contributed by atoms with Crippen molar-refractivity contribution >= 4 is 35.0 Å². The molecule has 1 saturated heterocycles. The fourth-order valence-corrected chi connectivity index (χ4v) is 4.11. The molecule has 6 nitrogen and oxygen atoms in total. The van der Waals surface area contributed by atoms with Crippen molar-refractivity contribution in [3.63, 3.8) is 0 Å². The highest BCUT2D eigenvalue weighted by Crippen LogP contribution is 2.21. The van der Waals surface area contributed by atoms with Crippen LogP contribution in [0.1, 0.15) is 0 Å². The van der Waals surface area contributed by atoms with Gasteiger partial charge in [0.2, 0.25) is 5.91 Å². The number of nitrogens with zero attached hydrogens (tertiary/aromatic N) is 4. The average molecular weight is 455 g/mol. The Kier molecular flexibility index (Phi) is 6.63. The van der Waals surface area contributed by atoms with Crippen molar-refractivity contribution in [3.8, 4) is 11.3 Å². The molecule has 0 spiro atoms. The van der Waals surface area contributed by atoms with Crippen LogP contribution in [0, 0.1) is 0 Å². The van der Waals surface area contributed by atoms with Gasteiger partial charge in [0.25, 0.3) is 5.56 Å². The number of anilines is 1. The third kappa shape index (κ3) is 5.11. The molecule has 1 fully saturated rings. The largest absolute Gasteiger partial charge is 0.368 e. The summed E-state index contributed by atoms with van der Waals surface area (Å²) >= 11 is 7.63. The molecule has 0 atom stereocenters. The first-order valence-corrected chi connectivity index (χ1v) is 11.6. The van der Waals surface area contributed by atoms with Gasteiger partial charge in [-0.3, -0.25) is 9.59 Å². The highest BCUT2D eigenvalue weighted by molar-refractivity contribution is 7.98. The highest BCUT2D eigenvalue weighted by atomic mass is 35.5. The first-order valence-electron chi connectivity index (χ1n) is 10.0. The van der Waals surface area contributed by atoms with Crippen molar-refractivity contribution < 1.29 is 4.79 Å². The second-order valence-corrected chi connectivity index (χ2v) is 8.60. The van der Waals surface area contributed by atoms with E-state index in [0.29, 0.717) is 23.8 Å². The minimum atomic E-state index is -0.280. The van der Waals surface area contributed by atoms with Crippen molar-refractivity contribution in [2.24, 2.45) is 0 Å². The van der Waals surface area contributed by atoms with Gasteiger partial charge < -0.3 is 9.80 Å². The summed E-state index contributed by atoms with van der Waals surface area (Å²) in [7, 11) is 0. The van der Waals surface area contributed by atoms with E-state index in [1.54, 1.807) is 22.7 Å². The van der Waals surface area contributed by atoms with Gasteiger partial charge in [-0.15, -0.1) is 11.8 Å². The number of hydrogen-bond donors (Lipinski definition) is 0. The van der Waals surface area contributed by atoms with Gasteiger partial charge in [-0.2, -0.15) is 5.10 Å². The van der Waals surface area contributed by atoms with Gasteiger partial charge >= 0.3 is 0 Å². The fourth-order valence-electron chi connectivity index (χ4n) is 3.57. The van der Waals surface area contributed by atoms with Crippen LogP contribution in [0.4, 0.5) is 5.69 Å². The Balaban J connectivity index is 1.41. The summed E-state index contributed by atoms with van der Waals surface area (Å²) in [6, 6.07) is 18.9. The molecule has 0 aliphatic carbocycles.